The van der Waals surface area contributed by atoms with Crippen molar-refractivity contribution >= 4 is 11.3 Å². The van der Waals surface area contributed by atoms with Crippen LogP contribution in [0.5, 0.6) is 0 Å². The molecule has 3 N–H and O–H groups in total. The fourth-order valence-electron chi connectivity index (χ4n) is 1.31. The highest BCUT2D eigenvalue weighted by molar-refractivity contribution is 7.07. The number of hydrazine groups is 1. The van der Waals surface area contributed by atoms with Gasteiger partial charge >= 0.3 is 0 Å². The van der Waals surface area contributed by atoms with E-state index in [1.807, 2.05) is 0 Å². The zero-order chi connectivity index (χ0) is 9.68. The van der Waals surface area contributed by atoms with Crippen molar-refractivity contribution in [1.29, 1.82) is 0 Å². The molecule has 0 aliphatic heterocycles. The number of likely N-dealkylation sites (N-methyl/N-ethyl adjacent to an activating group) is 1. The average molecular weight is 199 g/mol. The van der Waals surface area contributed by atoms with Gasteiger partial charge in [0.2, 0.25) is 0 Å². The highest BCUT2D eigenvalue weighted by Gasteiger charge is 2.08. The Balaban J connectivity index is 2.40. The first-order valence-corrected chi connectivity index (χ1v) is 5.28. The van der Waals surface area contributed by atoms with Crippen molar-refractivity contribution in [3.8, 4) is 0 Å². The third-order valence-corrected chi connectivity index (χ3v) is 2.62. The molecular formula is C9H17N3S. The Bertz CT molecular complexity index is 221. The van der Waals surface area contributed by atoms with E-state index in [-0.39, 0.29) is 0 Å². The number of hydrogen-bond acceptors (Lipinski definition) is 4. The van der Waals surface area contributed by atoms with E-state index in [9.17, 15) is 0 Å². The summed E-state index contributed by atoms with van der Waals surface area (Å²) in [5.41, 5.74) is 4.19. The molecule has 0 spiro atoms. The predicted molar refractivity (Wildman–Crippen MR) is 57.7 cm³/mol. The van der Waals surface area contributed by atoms with Gasteiger partial charge in [0, 0.05) is 12.6 Å². The van der Waals surface area contributed by atoms with Crippen LogP contribution in [0.1, 0.15) is 5.56 Å². The molecule has 0 aliphatic rings. The molecule has 0 bridgehead atoms. The number of rotatable bonds is 5. The maximum Gasteiger partial charge on any atom is 0.0378 e. The molecule has 1 atom stereocenters. The molecule has 1 aromatic heterocycles. The number of thiophene rings is 1. The molecule has 0 aromatic carbocycles. The van der Waals surface area contributed by atoms with E-state index in [1.165, 1.54) is 5.56 Å². The van der Waals surface area contributed by atoms with E-state index in [2.05, 4.69) is 41.2 Å². The first kappa shape index (κ1) is 10.7. The summed E-state index contributed by atoms with van der Waals surface area (Å²) in [5.74, 6) is 5.46. The summed E-state index contributed by atoms with van der Waals surface area (Å²) < 4.78 is 0. The Morgan fingerprint density at radius 1 is 1.62 bits per heavy atom. The summed E-state index contributed by atoms with van der Waals surface area (Å²) in [4.78, 5) is 2.14. The summed E-state index contributed by atoms with van der Waals surface area (Å²) in [6.07, 6.45) is 0.998. The molecule has 1 rings (SSSR count). The SMILES string of the molecule is CN(C)CC(Cc1ccsc1)NN. The lowest BCUT2D eigenvalue weighted by Gasteiger charge is -2.19. The predicted octanol–water partition coefficient (Wildman–Crippen LogP) is 0.684. The summed E-state index contributed by atoms with van der Waals surface area (Å²) in [6.45, 7) is 0.965. The molecule has 0 radical (unpaired) electrons. The second kappa shape index (κ2) is 5.34. The van der Waals surface area contributed by atoms with Gasteiger partial charge in [-0.05, 0) is 42.9 Å². The molecule has 0 saturated carbocycles. The summed E-state index contributed by atoms with van der Waals surface area (Å²) in [5, 5.41) is 4.26. The van der Waals surface area contributed by atoms with Gasteiger partial charge in [0.05, 0.1) is 0 Å². The van der Waals surface area contributed by atoms with E-state index < -0.39 is 0 Å². The molecule has 0 saturated heterocycles. The van der Waals surface area contributed by atoms with Crippen LogP contribution in [0.4, 0.5) is 0 Å². The normalized spacial score (nSPS) is 13.5. The monoisotopic (exact) mass is 199 g/mol. The van der Waals surface area contributed by atoms with Crippen LogP contribution in [0, 0.1) is 0 Å². The molecule has 0 aliphatic carbocycles. The molecule has 3 nitrogen and oxygen atoms in total. The molecule has 1 heterocycles. The van der Waals surface area contributed by atoms with Crippen molar-refractivity contribution < 1.29 is 0 Å². The maximum absolute atomic E-state index is 5.46. The zero-order valence-corrected chi connectivity index (χ0v) is 8.97. The van der Waals surface area contributed by atoms with Crippen LogP contribution in [0.2, 0.25) is 0 Å². The topological polar surface area (TPSA) is 41.3 Å². The molecule has 4 heteroatoms. The van der Waals surface area contributed by atoms with Gasteiger partial charge in [-0.1, -0.05) is 0 Å². The van der Waals surface area contributed by atoms with Gasteiger partial charge < -0.3 is 4.90 Å². The van der Waals surface area contributed by atoms with Crippen molar-refractivity contribution in [2.24, 2.45) is 5.84 Å². The third kappa shape index (κ3) is 3.87. The Morgan fingerprint density at radius 3 is 2.85 bits per heavy atom. The Kier molecular flexibility index (Phi) is 4.38. The van der Waals surface area contributed by atoms with Crippen molar-refractivity contribution in [2.45, 2.75) is 12.5 Å². The van der Waals surface area contributed by atoms with E-state index >= 15 is 0 Å². The van der Waals surface area contributed by atoms with Crippen LogP contribution in [0.15, 0.2) is 16.8 Å². The van der Waals surface area contributed by atoms with Crippen LogP contribution in [-0.4, -0.2) is 31.6 Å². The Labute approximate surface area is 83.5 Å². The quantitative estimate of drug-likeness (QED) is 0.541. The lowest BCUT2D eigenvalue weighted by atomic mass is 10.1. The average Bonchev–Trinajstić information content (AvgIpc) is 2.55. The standard InChI is InChI=1S/C9H17N3S/c1-12(2)6-9(11-10)5-8-3-4-13-7-8/h3-4,7,9,11H,5-6,10H2,1-2H3. The highest BCUT2D eigenvalue weighted by atomic mass is 32.1. The van der Waals surface area contributed by atoms with E-state index in [0.717, 1.165) is 13.0 Å². The molecule has 0 fully saturated rings. The second-order valence-electron chi connectivity index (χ2n) is 3.46. The number of nitrogens with zero attached hydrogens (tertiary/aromatic N) is 1. The summed E-state index contributed by atoms with van der Waals surface area (Å²) in [6, 6.07) is 2.48. The van der Waals surface area contributed by atoms with Crippen LogP contribution in [0.3, 0.4) is 0 Å². The van der Waals surface area contributed by atoms with E-state index in [4.69, 9.17) is 5.84 Å². The van der Waals surface area contributed by atoms with Crippen LogP contribution in [0.25, 0.3) is 0 Å². The number of nitrogens with two attached hydrogens (primary N) is 1. The van der Waals surface area contributed by atoms with Gasteiger partial charge in [-0.3, -0.25) is 11.3 Å². The molecule has 74 valence electrons. The summed E-state index contributed by atoms with van der Waals surface area (Å²) >= 11 is 1.73. The molecule has 1 aromatic rings. The minimum absolute atomic E-state index is 0.338. The van der Waals surface area contributed by atoms with Gasteiger partial charge in [0.1, 0.15) is 0 Å². The number of nitrogens with one attached hydrogen (secondary N) is 1. The fraction of sp³-hybridized carbons (Fsp3) is 0.556. The van der Waals surface area contributed by atoms with Crippen LogP contribution >= 0.6 is 11.3 Å². The van der Waals surface area contributed by atoms with Crippen molar-refractivity contribution in [1.82, 2.24) is 10.3 Å². The van der Waals surface area contributed by atoms with Gasteiger partial charge in [-0.2, -0.15) is 11.3 Å². The second-order valence-corrected chi connectivity index (χ2v) is 4.24. The van der Waals surface area contributed by atoms with Gasteiger partial charge in [-0.25, -0.2) is 0 Å². The lowest BCUT2D eigenvalue weighted by molar-refractivity contribution is 0.338. The molecular weight excluding hydrogens is 182 g/mol. The molecule has 13 heavy (non-hydrogen) atoms. The van der Waals surface area contributed by atoms with E-state index in [0.29, 0.717) is 6.04 Å². The largest absolute Gasteiger partial charge is 0.308 e. The summed E-state index contributed by atoms with van der Waals surface area (Å²) in [7, 11) is 4.11. The Morgan fingerprint density at radius 2 is 2.38 bits per heavy atom. The third-order valence-electron chi connectivity index (χ3n) is 1.88. The van der Waals surface area contributed by atoms with Gasteiger partial charge in [-0.15, -0.1) is 0 Å². The fourth-order valence-corrected chi connectivity index (χ4v) is 1.99. The van der Waals surface area contributed by atoms with Crippen molar-refractivity contribution in [3.05, 3.63) is 22.4 Å². The van der Waals surface area contributed by atoms with Gasteiger partial charge in [0.25, 0.3) is 0 Å². The van der Waals surface area contributed by atoms with Gasteiger partial charge in [0.15, 0.2) is 0 Å². The van der Waals surface area contributed by atoms with Crippen LogP contribution < -0.4 is 11.3 Å². The maximum atomic E-state index is 5.46. The number of hydrogen-bond donors (Lipinski definition) is 2. The first-order valence-electron chi connectivity index (χ1n) is 4.34. The Hall–Kier alpha value is -0.420. The zero-order valence-electron chi connectivity index (χ0n) is 8.16. The molecule has 1 unspecified atom stereocenters. The smallest absolute Gasteiger partial charge is 0.0378 e. The van der Waals surface area contributed by atoms with Crippen molar-refractivity contribution in [3.63, 3.8) is 0 Å². The van der Waals surface area contributed by atoms with Crippen molar-refractivity contribution in [2.75, 3.05) is 20.6 Å². The highest BCUT2D eigenvalue weighted by Crippen LogP contribution is 2.08. The van der Waals surface area contributed by atoms with Crippen LogP contribution in [-0.2, 0) is 6.42 Å². The first-order chi connectivity index (χ1) is 6.22. The lowest BCUT2D eigenvalue weighted by Crippen LogP contribution is -2.43. The van der Waals surface area contributed by atoms with E-state index in [1.54, 1.807) is 11.3 Å². The molecule has 0 amide bonds. The minimum Gasteiger partial charge on any atom is -0.308 e. The minimum atomic E-state index is 0.338.